The number of pyridine rings is 1. The van der Waals surface area contributed by atoms with Gasteiger partial charge in [-0.25, -0.2) is 0 Å². The van der Waals surface area contributed by atoms with Crippen molar-refractivity contribution >= 4 is 11.8 Å². The maximum Gasteiger partial charge on any atom is 0.0580 e. The Morgan fingerprint density at radius 1 is 1.24 bits per heavy atom. The van der Waals surface area contributed by atoms with Crippen molar-refractivity contribution in [2.24, 2.45) is 5.92 Å². The number of aromatic nitrogens is 1. The van der Waals surface area contributed by atoms with Gasteiger partial charge in [0.2, 0.25) is 0 Å². The molecule has 0 saturated heterocycles. The molecule has 0 spiro atoms. The molecule has 1 aliphatic rings. The second-order valence-corrected chi connectivity index (χ2v) is 7.24. The van der Waals surface area contributed by atoms with Gasteiger partial charge in [-0.3, -0.25) is 4.98 Å². The first-order valence-corrected chi connectivity index (χ1v) is 7.52. The number of aryl methyl sites for hydroxylation is 1. The molecule has 0 saturated carbocycles. The number of nitrogens with zero attached hydrogens (tertiary/aromatic N) is 1. The van der Waals surface area contributed by atoms with Crippen LogP contribution in [-0.4, -0.2) is 4.98 Å². The maximum atomic E-state index is 4.79. The highest BCUT2D eigenvalue weighted by atomic mass is 32.2. The Kier molecular flexibility index (Phi) is 3.53. The van der Waals surface area contributed by atoms with E-state index >= 15 is 0 Å². The van der Waals surface area contributed by atoms with Crippen molar-refractivity contribution in [1.82, 2.24) is 4.98 Å². The molecule has 0 amide bonds. The lowest BCUT2D eigenvalue weighted by Crippen LogP contribution is -2.07. The van der Waals surface area contributed by atoms with E-state index in [0.29, 0.717) is 22.3 Å². The zero-order chi connectivity index (χ0) is 12.7. The highest BCUT2D eigenvalue weighted by Gasteiger charge is 2.34. The topological polar surface area (TPSA) is 12.9 Å². The number of thioether (sulfide) groups is 1. The molecule has 0 aromatic carbocycles. The summed E-state index contributed by atoms with van der Waals surface area (Å²) < 4.78 is 0. The van der Waals surface area contributed by atoms with Crippen LogP contribution in [0.4, 0.5) is 0 Å². The molecular weight excluding hydrogens is 226 g/mol. The zero-order valence-electron chi connectivity index (χ0n) is 11.7. The Bertz CT molecular complexity index is 423. The summed E-state index contributed by atoms with van der Waals surface area (Å²) in [4.78, 5) is 4.79. The number of hydrogen-bond acceptors (Lipinski definition) is 2. The molecule has 0 bridgehead atoms. The van der Waals surface area contributed by atoms with Gasteiger partial charge < -0.3 is 0 Å². The van der Waals surface area contributed by atoms with Crippen molar-refractivity contribution in [1.29, 1.82) is 0 Å². The van der Waals surface area contributed by atoms with Gasteiger partial charge >= 0.3 is 0 Å². The Hall–Kier alpha value is -0.500. The molecule has 0 fully saturated rings. The van der Waals surface area contributed by atoms with Crippen LogP contribution in [0.1, 0.15) is 73.6 Å². The molecule has 0 N–H and O–H groups in total. The molecule has 1 aromatic rings. The quantitative estimate of drug-likeness (QED) is 0.730. The fourth-order valence-electron chi connectivity index (χ4n) is 2.67. The van der Waals surface area contributed by atoms with E-state index in [4.69, 9.17) is 4.98 Å². The molecule has 2 rings (SSSR count). The molecule has 1 aliphatic heterocycles. The van der Waals surface area contributed by atoms with Gasteiger partial charge in [0.05, 0.1) is 5.69 Å². The number of hydrogen-bond donors (Lipinski definition) is 0. The van der Waals surface area contributed by atoms with Crippen molar-refractivity contribution in [3.05, 3.63) is 28.6 Å². The van der Waals surface area contributed by atoms with E-state index < -0.39 is 0 Å². The van der Waals surface area contributed by atoms with E-state index in [1.54, 1.807) is 0 Å². The van der Waals surface area contributed by atoms with Crippen molar-refractivity contribution in [3.63, 3.8) is 0 Å². The second kappa shape index (κ2) is 4.64. The molecule has 94 valence electrons. The van der Waals surface area contributed by atoms with Crippen LogP contribution in [0.2, 0.25) is 0 Å². The van der Waals surface area contributed by atoms with E-state index in [-0.39, 0.29) is 0 Å². The Labute approximate surface area is 109 Å². The van der Waals surface area contributed by atoms with Crippen LogP contribution < -0.4 is 0 Å². The summed E-state index contributed by atoms with van der Waals surface area (Å²) >= 11 is 2.08. The molecule has 2 atom stereocenters. The summed E-state index contributed by atoms with van der Waals surface area (Å²) in [7, 11) is 0. The average molecular weight is 249 g/mol. The maximum absolute atomic E-state index is 4.79. The lowest BCUT2D eigenvalue weighted by molar-refractivity contribution is 0.625. The summed E-state index contributed by atoms with van der Waals surface area (Å²) in [5.74, 6) is 1.28. The third-order valence-corrected chi connectivity index (χ3v) is 5.20. The van der Waals surface area contributed by atoms with Crippen molar-refractivity contribution in [2.75, 3.05) is 0 Å². The van der Waals surface area contributed by atoms with E-state index in [0.717, 1.165) is 0 Å². The summed E-state index contributed by atoms with van der Waals surface area (Å²) in [5.41, 5.74) is 5.57. The van der Waals surface area contributed by atoms with Gasteiger partial charge in [0.25, 0.3) is 0 Å². The summed E-state index contributed by atoms with van der Waals surface area (Å²) in [6.07, 6.45) is 0. The molecule has 0 radical (unpaired) electrons. The van der Waals surface area contributed by atoms with Crippen LogP contribution in [0.5, 0.6) is 0 Å². The normalized spacial score (nSPS) is 23.5. The van der Waals surface area contributed by atoms with Gasteiger partial charge in [-0.1, -0.05) is 27.7 Å². The first kappa shape index (κ1) is 12.9. The standard InChI is InChI=1S/C15H23NS/c1-8(2)12-7-10(5)16-14-11(6)17-15(9(3)4)13(12)14/h7-9,11,15H,1-6H3/t11-,15?/m0/s1. The first-order chi connectivity index (χ1) is 7.91. The Morgan fingerprint density at radius 3 is 2.41 bits per heavy atom. The molecule has 1 nitrogen and oxygen atoms in total. The van der Waals surface area contributed by atoms with E-state index in [1.807, 2.05) is 0 Å². The van der Waals surface area contributed by atoms with E-state index in [9.17, 15) is 0 Å². The highest BCUT2D eigenvalue weighted by molar-refractivity contribution is 8.00. The van der Waals surface area contributed by atoms with Crippen molar-refractivity contribution in [3.8, 4) is 0 Å². The molecule has 1 aromatic heterocycles. The average Bonchev–Trinajstić information content (AvgIpc) is 2.55. The third-order valence-electron chi connectivity index (χ3n) is 3.50. The molecule has 17 heavy (non-hydrogen) atoms. The Balaban J connectivity index is 2.60. The largest absolute Gasteiger partial charge is 0.257 e. The van der Waals surface area contributed by atoms with E-state index in [2.05, 4.69) is 59.4 Å². The molecule has 2 heteroatoms. The molecule has 0 aliphatic carbocycles. The van der Waals surface area contributed by atoms with Crippen molar-refractivity contribution < 1.29 is 0 Å². The van der Waals surface area contributed by atoms with Gasteiger partial charge in [-0.15, -0.1) is 11.8 Å². The number of fused-ring (bicyclic) bond motifs is 1. The second-order valence-electron chi connectivity index (χ2n) is 5.75. The number of rotatable bonds is 2. The summed E-state index contributed by atoms with van der Waals surface area (Å²) in [6.45, 7) is 13.6. The van der Waals surface area contributed by atoms with Crippen LogP contribution in [0.15, 0.2) is 6.07 Å². The summed E-state index contributed by atoms with van der Waals surface area (Å²) in [5, 5.41) is 1.18. The minimum Gasteiger partial charge on any atom is -0.257 e. The van der Waals surface area contributed by atoms with Gasteiger partial charge in [0.15, 0.2) is 0 Å². The molecular formula is C15H23NS. The van der Waals surface area contributed by atoms with Crippen LogP contribution in [0.3, 0.4) is 0 Å². The minimum atomic E-state index is 0.551. The first-order valence-electron chi connectivity index (χ1n) is 6.58. The summed E-state index contributed by atoms with van der Waals surface area (Å²) in [6, 6.07) is 2.29. The van der Waals surface area contributed by atoms with Gasteiger partial charge in [0.1, 0.15) is 0 Å². The predicted molar refractivity (Wildman–Crippen MR) is 76.6 cm³/mol. The zero-order valence-corrected chi connectivity index (χ0v) is 12.6. The minimum absolute atomic E-state index is 0.551. The van der Waals surface area contributed by atoms with Crippen LogP contribution in [0.25, 0.3) is 0 Å². The third kappa shape index (κ3) is 2.24. The fourth-order valence-corrected chi connectivity index (χ4v) is 4.13. The molecule has 2 heterocycles. The van der Waals surface area contributed by atoms with E-state index in [1.165, 1.54) is 22.5 Å². The fraction of sp³-hybridized carbons (Fsp3) is 0.667. The van der Waals surface area contributed by atoms with Gasteiger partial charge in [-0.2, -0.15) is 0 Å². The highest BCUT2D eigenvalue weighted by Crippen LogP contribution is 2.54. The Morgan fingerprint density at radius 2 is 1.88 bits per heavy atom. The lowest BCUT2D eigenvalue weighted by Gasteiger charge is -2.20. The predicted octanol–water partition coefficient (Wildman–Crippen LogP) is 5.02. The van der Waals surface area contributed by atoms with Crippen molar-refractivity contribution in [2.45, 2.75) is 58.0 Å². The smallest absolute Gasteiger partial charge is 0.0580 e. The van der Waals surface area contributed by atoms with Crippen LogP contribution in [-0.2, 0) is 0 Å². The molecule has 1 unspecified atom stereocenters. The van der Waals surface area contributed by atoms with Gasteiger partial charge in [0, 0.05) is 16.2 Å². The van der Waals surface area contributed by atoms with Crippen LogP contribution in [0, 0.1) is 12.8 Å². The van der Waals surface area contributed by atoms with Crippen LogP contribution >= 0.6 is 11.8 Å². The monoisotopic (exact) mass is 249 g/mol. The lowest BCUT2D eigenvalue weighted by atomic mass is 9.89. The van der Waals surface area contributed by atoms with Gasteiger partial charge in [-0.05, 0) is 42.9 Å². The SMILES string of the molecule is Cc1cc(C(C)C)c2c(n1)[C@H](C)SC2C(C)C.